The number of rotatable bonds is 3. The third-order valence-electron chi connectivity index (χ3n) is 3.63. The molecule has 3 rings (SSSR count). The highest BCUT2D eigenvalue weighted by molar-refractivity contribution is 6.15. The van der Waals surface area contributed by atoms with E-state index in [2.05, 4.69) is 60.8 Å². The predicted octanol–water partition coefficient (Wildman–Crippen LogP) is -1.25. The number of nitrogens with zero attached hydrogens (tertiary/aromatic N) is 3. The number of quaternary nitrogens is 1. The van der Waals surface area contributed by atoms with Crippen molar-refractivity contribution in [2.75, 3.05) is 21.1 Å². The quantitative estimate of drug-likeness (QED) is 0.498. The van der Waals surface area contributed by atoms with E-state index in [0.29, 0.717) is 0 Å². The Morgan fingerprint density at radius 1 is 0.870 bits per heavy atom. The molecule has 0 radical (unpaired) electrons. The van der Waals surface area contributed by atoms with Gasteiger partial charge in [0.15, 0.2) is 5.70 Å². The van der Waals surface area contributed by atoms with Crippen LogP contribution in [0.2, 0.25) is 0 Å². The van der Waals surface area contributed by atoms with Crippen LogP contribution in [-0.4, -0.2) is 36.9 Å². The lowest BCUT2D eigenvalue weighted by molar-refractivity contribution is -0.729. The molecule has 0 fully saturated rings. The van der Waals surface area contributed by atoms with Gasteiger partial charge in [0.25, 0.3) is 0 Å². The number of hydrogen-bond acceptors (Lipinski definition) is 3. The van der Waals surface area contributed by atoms with Crippen LogP contribution < -0.4 is 29.4 Å². The lowest BCUT2D eigenvalue weighted by Crippen LogP contribution is -3.00. The minimum atomic E-state index is 0. The molecule has 0 aliphatic carbocycles. The molecular formula is C18H21IN4. The molecule has 0 amide bonds. The fourth-order valence-electron chi connectivity index (χ4n) is 2.68. The van der Waals surface area contributed by atoms with Crippen molar-refractivity contribution in [3.8, 4) is 0 Å². The predicted molar refractivity (Wildman–Crippen MR) is 89.7 cm³/mol. The summed E-state index contributed by atoms with van der Waals surface area (Å²) in [5.41, 5.74) is 7.71. The molecule has 2 aromatic carbocycles. The molecular weight excluding hydrogens is 399 g/mol. The second-order valence-electron chi connectivity index (χ2n) is 5.54. The van der Waals surface area contributed by atoms with E-state index >= 15 is 0 Å². The van der Waals surface area contributed by atoms with E-state index in [-0.39, 0.29) is 24.0 Å². The first-order valence-corrected chi connectivity index (χ1v) is 7.36. The van der Waals surface area contributed by atoms with Crippen molar-refractivity contribution in [2.24, 2.45) is 5.10 Å². The second kappa shape index (κ2) is 7.61. The molecule has 2 N–H and O–H groups in total. The van der Waals surface area contributed by atoms with E-state index in [9.17, 15) is 0 Å². The third-order valence-corrected chi connectivity index (χ3v) is 3.63. The topological polar surface area (TPSA) is 35.5 Å². The molecule has 23 heavy (non-hydrogen) atoms. The first-order chi connectivity index (χ1) is 10.7. The van der Waals surface area contributed by atoms with Crippen LogP contribution in [0.5, 0.6) is 0 Å². The lowest BCUT2D eigenvalue weighted by atomic mass is 10.0. The van der Waals surface area contributed by atoms with Crippen molar-refractivity contribution >= 4 is 11.4 Å². The Morgan fingerprint density at radius 2 is 1.39 bits per heavy atom. The Morgan fingerprint density at radius 3 is 1.91 bits per heavy atom. The Labute approximate surface area is 154 Å². The zero-order valence-electron chi connectivity index (χ0n) is 13.6. The SMILES string of the molecule is CN1N=C(c2ccccc2)C(N(C)C)=C(c2ccccc2)[NH2+]1.[I-]. The molecule has 0 aromatic heterocycles. The summed E-state index contributed by atoms with van der Waals surface area (Å²) in [6.07, 6.45) is 0. The van der Waals surface area contributed by atoms with Crippen molar-refractivity contribution in [3.05, 3.63) is 77.5 Å². The van der Waals surface area contributed by atoms with Crippen LogP contribution in [0.15, 0.2) is 71.5 Å². The zero-order valence-corrected chi connectivity index (χ0v) is 15.7. The van der Waals surface area contributed by atoms with Crippen LogP contribution in [0, 0.1) is 0 Å². The van der Waals surface area contributed by atoms with E-state index in [1.165, 1.54) is 11.3 Å². The van der Waals surface area contributed by atoms with Crippen LogP contribution in [0.25, 0.3) is 5.70 Å². The number of allylic oxidation sites excluding steroid dienone is 1. The summed E-state index contributed by atoms with van der Waals surface area (Å²) in [5.74, 6) is 0. The van der Waals surface area contributed by atoms with Gasteiger partial charge < -0.3 is 28.9 Å². The molecule has 4 nitrogen and oxygen atoms in total. The Balaban J connectivity index is 0.00000192. The highest BCUT2D eigenvalue weighted by Gasteiger charge is 2.27. The number of hydrazone groups is 1. The Kier molecular flexibility index (Phi) is 5.79. The summed E-state index contributed by atoms with van der Waals surface area (Å²) in [6.45, 7) is 0. The van der Waals surface area contributed by atoms with Gasteiger partial charge in [0.05, 0.1) is 7.05 Å². The van der Waals surface area contributed by atoms with E-state index in [1.54, 1.807) is 0 Å². The van der Waals surface area contributed by atoms with Gasteiger partial charge in [-0.3, -0.25) is 0 Å². The zero-order chi connectivity index (χ0) is 15.5. The highest BCUT2D eigenvalue weighted by atomic mass is 127. The van der Waals surface area contributed by atoms with Gasteiger partial charge in [0, 0.05) is 25.2 Å². The van der Waals surface area contributed by atoms with Crippen molar-refractivity contribution < 1.29 is 29.4 Å². The van der Waals surface area contributed by atoms with Crippen LogP contribution in [0.4, 0.5) is 0 Å². The molecule has 0 bridgehead atoms. The summed E-state index contributed by atoms with van der Waals surface area (Å²) in [6, 6.07) is 20.8. The smallest absolute Gasteiger partial charge is 0.188 e. The van der Waals surface area contributed by atoms with E-state index in [0.717, 1.165) is 17.0 Å². The lowest BCUT2D eigenvalue weighted by Gasteiger charge is -2.28. The normalized spacial score (nSPS) is 14.2. The van der Waals surface area contributed by atoms with Crippen molar-refractivity contribution in [1.29, 1.82) is 0 Å². The van der Waals surface area contributed by atoms with E-state index in [1.807, 2.05) is 36.4 Å². The Hall–Kier alpha value is -1.86. The molecule has 1 heterocycles. The minimum Gasteiger partial charge on any atom is -1.00 e. The fraction of sp³-hybridized carbons (Fsp3) is 0.167. The molecule has 0 saturated carbocycles. The maximum Gasteiger partial charge on any atom is 0.188 e. The van der Waals surface area contributed by atoms with E-state index in [4.69, 9.17) is 5.10 Å². The minimum absolute atomic E-state index is 0. The first-order valence-electron chi connectivity index (χ1n) is 7.36. The van der Waals surface area contributed by atoms with Gasteiger partial charge in [-0.25, -0.2) is 0 Å². The van der Waals surface area contributed by atoms with Gasteiger partial charge in [0.1, 0.15) is 11.4 Å². The van der Waals surface area contributed by atoms with Crippen molar-refractivity contribution in [2.45, 2.75) is 0 Å². The summed E-state index contributed by atoms with van der Waals surface area (Å²) >= 11 is 0. The average molecular weight is 420 g/mol. The van der Waals surface area contributed by atoms with Gasteiger partial charge in [0.2, 0.25) is 0 Å². The number of nitrogens with two attached hydrogens (primary N) is 1. The van der Waals surface area contributed by atoms with Gasteiger partial charge in [-0.15, -0.1) is 10.2 Å². The summed E-state index contributed by atoms with van der Waals surface area (Å²) in [4.78, 5) is 2.14. The molecule has 0 unspecified atom stereocenters. The number of halogens is 1. The standard InChI is InChI=1S/C18H20N4.HI/c1-21(2)18-16(14-10-6-4-7-11-14)19-22(3)20-17(18)15-12-8-5-9-13-15;/h4-13,19H,1-3H3;1H. The van der Waals surface area contributed by atoms with Crippen LogP contribution in [-0.2, 0) is 0 Å². The summed E-state index contributed by atoms with van der Waals surface area (Å²) < 4.78 is 0. The van der Waals surface area contributed by atoms with Gasteiger partial charge >= 0.3 is 0 Å². The number of benzene rings is 2. The first kappa shape index (κ1) is 17.5. The van der Waals surface area contributed by atoms with Crippen LogP contribution in [0.1, 0.15) is 11.1 Å². The number of hydrogen-bond donors (Lipinski definition) is 1. The third kappa shape index (κ3) is 3.73. The van der Waals surface area contributed by atoms with Gasteiger partial charge in [-0.05, 0) is 12.1 Å². The van der Waals surface area contributed by atoms with E-state index < -0.39 is 0 Å². The van der Waals surface area contributed by atoms with Gasteiger partial charge in [-0.2, -0.15) is 5.43 Å². The molecule has 0 saturated heterocycles. The van der Waals surface area contributed by atoms with Crippen molar-refractivity contribution in [1.82, 2.24) is 10.0 Å². The fourth-order valence-corrected chi connectivity index (χ4v) is 2.68. The maximum absolute atomic E-state index is 4.73. The molecule has 1 aliphatic heterocycles. The molecule has 5 heteroatoms. The van der Waals surface area contributed by atoms with Crippen LogP contribution in [0.3, 0.4) is 0 Å². The molecule has 120 valence electrons. The monoisotopic (exact) mass is 420 g/mol. The van der Waals surface area contributed by atoms with Gasteiger partial charge in [-0.1, -0.05) is 48.5 Å². The number of likely N-dealkylation sites (N-methyl/N-ethyl adjacent to an activating group) is 1. The highest BCUT2D eigenvalue weighted by Crippen LogP contribution is 2.21. The summed E-state index contributed by atoms with van der Waals surface area (Å²) in [7, 11) is 6.10. The Bertz CT molecular complexity index is 708. The summed E-state index contributed by atoms with van der Waals surface area (Å²) in [5, 5.41) is 6.61. The maximum atomic E-state index is 4.73. The average Bonchev–Trinajstić information content (AvgIpc) is 2.55. The molecule has 1 aliphatic rings. The van der Waals surface area contributed by atoms with Crippen LogP contribution >= 0.6 is 0 Å². The molecule has 2 aromatic rings. The largest absolute Gasteiger partial charge is 1.00 e. The molecule has 0 atom stereocenters. The second-order valence-corrected chi connectivity index (χ2v) is 5.54. The molecule has 0 spiro atoms. The van der Waals surface area contributed by atoms with Crippen molar-refractivity contribution in [3.63, 3.8) is 0 Å².